The Morgan fingerprint density at radius 1 is 0.917 bits per heavy atom. The second kappa shape index (κ2) is 9.68. The minimum Gasteiger partial charge on any atom is -0.501 e. The van der Waals surface area contributed by atoms with E-state index in [9.17, 15) is 43.3 Å². The van der Waals surface area contributed by atoms with Crippen molar-refractivity contribution in [2.24, 2.45) is 10.2 Å². The average molecular weight is 518 g/mol. The van der Waals surface area contributed by atoms with E-state index in [-0.39, 0.29) is 10.6 Å². The highest BCUT2D eigenvalue weighted by Gasteiger charge is 2.23. The lowest BCUT2D eigenvalue weighted by Gasteiger charge is -2.06. The van der Waals surface area contributed by atoms with Gasteiger partial charge in [-0.2, -0.15) is 18.6 Å². The number of phenolic OH excluding ortho intramolecular Hbond substituents is 1. The van der Waals surface area contributed by atoms with Crippen LogP contribution in [0.2, 0.25) is 0 Å². The van der Waals surface area contributed by atoms with Crippen molar-refractivity contribution in [3.8, 4) is 5.75 Å². The van der Waals surface area contributed by atoms with Gasteiger partial charge in [0.05, 0.1) is 26.5 Å². The van der Waals surface area contributed by atoms with Crippen molar-refractivity contribution < 1.29 is 27.9 Å². The zero-order valence-corrected chi connectivity index (χ0v) is 18.7. The monoisotopic (exact) mass is 518 g/mol. The molecule has 0 saturated carbocycles. The van der Waals surface area contributed by atoms with Crippen LogP contribution >= 0.6 is 0 Å². The molecule has 17 heteroatoms. The van der Waals surface area contributed by atoms with Crippen LogP contribution in [0.15, 0.2) is 67.2 Å². The minimum absolute atomic E-state index is 0.204. The number of anilines is 2. The summed E-state index contributed by atoms with van der Waals surface area (Å²) in [5, 5.41) is 38.4. The first-order valence-corrected chi connectivity index (χ1v) is 10.9. The number of non-ortho nitro benzene ring substituents is 1. The molecule has 36 heavy (non-hydrogen) atoms. The second-order valence-electron chi connectivity index (χ2n) is 7.03. The van der Waals surface area contributed by atoms with Gasteiger partial charge in [-0.05, 0) is 42.8 Å². The van der Waals surface area contributed by atoms with Crippen molar-refractivity contribution >= 4 is 32.9 Å². The Kier molecular flexibility index (Phi) is 6.88. The highest BCUT2D eigenvalue weighted by molar-refractivity contribution is 7.85. The van der Waals surface area contributed by atoms with Crippen LogP contribution < -0.4 is 32.4 Å². The Bertz CT molecular complexity index is 1740. The number of nitro groups is 2. The zero-order chi connectivity index (χ0) is 26.8. The fraction of sp³-hybridized carbons (Fsp3) is 0.0526. The maximum Gasteiger partial charge on any atom is 0.319 e. The number of nitro benzene ring substituents is 2. The molecule has 0 aromatic heterocycles. The van der Waals surface area contributed by atoms with Crippen LogP contribution in [0.3, 0.4) is 0 Å². The van der Waals surface area contributed by atoms with Crippen LogP contribution in [0.1, 0.15) is 5.56 Å². The topological polar surface area (TPSA) is 244 Å². The van der Waals surface area contributed by atoms with Gasteiger partial charge in [-0.3, -0.25) is 45.2 Å². The lowest BCUT2D eigenvalue weighted by Crippen LogP contribution is -2.48. The molecule has 0 aliphatic carbocycles. The molecule has 0 bridgehead atoms. The van der Waals surface area contributed by atoms with E-state index in [1.165, 1.54) is 13.0 Å². The molecule has 4 N–H and O–H groups in total. The van der Waals surface area contributed by atoms with Crippen LogP contribution in [0.25, 0.3) is 0 Å². The molecule has 0 aliphatic rings. The first-order valence-electron chi connectivity index (χ1n) is 9.48. The van der Waals surface area contributed by atoms with Crippen LogP contribution in [0.4, 0.5) is 22.7 Å². The summed E-state index contributed by atoms with van der Waals surface area (Å²) in [6.45, 7) is 1.48. The SMILES string of the molecule is Cc1cc(S(=O)(=O)O)ccc1N/N=c1/c(=O)cc/c(=N/Nc2cc([N+](=O)[O-])cc([N+](=O)[O-])c2O)c1=O. The molecular formula is C19H14N6O10S. The number of benzene rings is 3. The number of hydrogen-bond donors (Lipinski definition) is 4. The summed E-state index contributed by atoms with van der Waals surface area (Å²) >= 11 is 0. The van der Waals surface area contributed by atoms with E-state index < -0.39 is 64.3 Å². The lowest BCUT2D eigenvalue weighted by atomic mass is 10.2. The molecule has 0 radical (unpaired) electrons. The van der Waals surface area contributed by atoms with Gasteiger partial charge < -0.3 is 5.11 Å². The van der Waals surface area contributed by atoms with Gasteiger partial charge in [-0.1, -0.05) is 0 Å². The minimum atomic E-state index is -4.45. The van der Waals surface area contributed by atoms with E-state index >= 15 is 0 Å². The number of aryl methyl sites for hydroxylation is 1. The molecular weight excluding hydrogens is 504 g/mol. The predicted octanol–water partition coefficient (Wildman–Crippen LogP) is 0.215. The first kappa shape index (κ1) is 25.6. The summed E-state index contributed by atoms with van der Waals surface area (Å²) in [5.74, 6) is -0.974. The van der Waals surface area contributed by atoms with E-state index in [0.29, 0.717) is 11.6 Å². The van der Waals surface area contributed by atoms with Gasteiger partial charge in [-0.25, -0.2) is 0 Å². The largest absolute Gasteiger partial charge is 0.501 e. The molecule has 16 nitrogen and oxygen atoms in total. The van der Waals surface area contributed by atoms with Gasteiger partial charge in [0.2, 0.25) is 16.6 Å². The summed E-state index contributed by atoms with van der Waals surface area (Å²) in [7, 11) is -4.45. The molecule has 3 aromatic carbocycles. The Balaban J connectivity index is 2.03. The fourth-order valence-corrected chi connectivity index (χ4v) is 3.39. The normalized spacial score (nSPS) is 12.4. The van der Waals surface area contributed by atoms with Crippen LogP contribution in [0, 0.1) is 27.2 Å². The average Bonchev–Trinajstić information content (AvgIpc) is 2.79. The van der Waals surface area contributed by atoms with Gasteiger partial charge >= 0.3 is 5.69 Å². The smallest absolute Gasteiger partial charge is 0.319 e. The highest BCUT2D eigenvalue weighted by Crippen LogP contribution is 2.37. The summed E-state index contributed by atoms with van der Waals surface area (Å²) in [6.07, 6.45) is 0. The first-order chi connectivity index (χ1) is 16.8. The molecule has 186 valence electrons. The standard InChI is InChI=1S/C19H14N6O10S/c1-9-6-11(36(33,34)35)2-3-12(9)20-23-17-16(26)5-4-13(19(17)28)21-22-14-7-10(24(29)30)8-15(18(14)27)25(31)32/h2-8,20,22,27H,1H3,(H,33,34,35)/b21-13-,23-17-. The Morgan fingerprint density at radius 3 is 2.17 bits per heavy atom. The second-order valence-corrected chi connectivity index (χ2v) is 8.46. The maximum absolute atomic E-state index is 12.7. The van der Waals surface area contributed by atoms with Gasteiger partial charge in [0, 0.05) is 6.07 Å². The van der Waals surface area contributed by atoms with E-state index in [0.717, 1.165) is 30.3 Å². The maximum atomic E-state index is 12.7. The van der Waals surface area contributed by atoms with Crippen molar-refractivity contribution in [1.82, 2.24) is 0 Å². The van der Waals surface area contributed by atoms with Gasteiger partial charge in [0.15, 0.2) is 5.36 Å². The Labute approximate surface area is 199 Å². The van der Waals surface area contributed by atoms with Crippen molar-refractivity contribution in [3.05, 3.63) is 99.4 Å². The molecule has 0 spiro atoms. The zero-order valence-electron chi connectivity index (χ0n) is 17.9. The molecule has 0 fully saturated rings. The number of hydrogen-bond acceptors (Lipinski definition) is 13. The fourth-order valence-electron chi connectivity index (χ4n) is 2.83. The van der Waals surface area contributed by atoms with E-state index in [4.69, 9.17) is 4.55 Å². The summed E-state index contributed by atoms with van der Waals surface area (Å²) < 4.78 is 31.5. The third kappa shape index (κ3) is 5.37. The highest BCUT2D eigenvalue weighted by atomic mass is 32.2. The Morgan fingerprint density at radius 2 is 1.58 bits per heavy atom. The van der Waals surface area contributed by atoms with Crippen molar-refractivity contribution in [2.75, 3.05) is 10.9 Å². The van der Waals surface area contributed by atoms with Crippen LogP contribution in [0.5, 0.6) is 5.75 Å². The summed E-state index contributed by atoms with van der Waals surface area (Å²) in [5.41, 5.74) is 1.00. The molecule has 3 rings (SSSR count). The molecule has 3 aromatic rings. The molecule has 0 amide bonds. The molecule has 0 unspecified atom stereocenters. The number of nitrogens with one attached hydrogen (secondary N) is 2. The molecule has 0 saturated heterocycles. The number of nitrogens with zero attached hydrogens (tertiary/aromatic N) is 4. The van der Waals surface area contributed by atoms with Crippen molar-refractivity contribution in [2.45, 2.75) is 11.8 Å². The van der Waals surface area contributed by atoms with Crippen molar-refractivity contribution in [3.63, 3.8) is 0 Å². The number of rotatable bonds is 7. The summed E-state index contributed by atoms with van der Waals surface area (Å²) in [6, 6.07) is 6.66. The van der Waals surface area contributed by atoms with Gasteiger partial charge in [-0.15, -0.1) is 0 Å². The van der Waals surface area contributed by atoms with Gasteiger partial charge in [0.1, 0.15) is 11.0 Å². The molecule has 0 atom stereocenters. The van der Waals surface area contributed by atoms with E-state index in [2.05, 4.69) is 21.1 Å². The van der Waals surface area contributed by atoms with Crippen LogP contribution in [-0.2, 0) is 10.1 Å². The third-order valence-corrected chi connectivity index (χ3v) is 5.49. The molecule has 0 aliphatic heterocycles. The van der Waals surface area contributed by atoms with Gasteiger partial charge in [0.25, 0.3) is 15.8 Å². The number of aromatic hydroxyl groups is 1. The lowest BCUT2D eigenvalue weighted by molar-refractivity contribution is -0.394. The van der Waals surface area contributed by atoms with Crippen molar-refractivity contribution in [1.29, 1.82) is 0 Å². The Hall–Kier alpha value is -5.03. The summed E-state index contributed by atoms with van der Waals surface area (Å²) in [4.78, 5) is 44.6. The quantitative estimate of drug-likeness (QED) is 0.142. The van der Waals surface area contributed by atoms with E-state index in [1.807, 2.05) is 0 Å². The molecule has 0 heterocycles. The van der Waals surface area contributed by atoms with Crippen LogP contribution in [-0.4, -0.2) is 27.9 Å². The number of phenols is 1. The van der Waals surface area contributed by atoms with E-state index in [1.54, 1.807) is 0 Å². The third-order valence-electron chi connectivity index (χ3n) is 4.64. The predicted molar refractivity (Wildman–Crippen MR) is 122 cm³/mol.